The molecular formula is C14H24N2S. The number of hydrogen-bond donors (Lipinski definition) is 1. The molecule has 1 aromatic heterocycles. The Morgan fingerprint density at radius 3 is 2.41 bits per heavy atom. The number of nitrogens with zero attached hydrogens (tertiary/aromatic N) is 1. The maximum absolute atomic E-state index is 4.40. The molecule has 2 nitrogen and oxygen atoms in total. The van der Waals surface area contributed by atoms with Gasteiger partial charge in [-0.25, -0.2) is 4.98 Å². The summed E-state index contributed by atoms with van der Waals surface area (Å²) in [5.74, 6) is 2.51. The van der Waals surface area contributed by atoms with Gasteiger partial charge in [-0.2, -0.15) is 0 Å². The third-order valence-electron chi connectivity index (χ3n) is 4.06. The van der Waals surface area contributed by atoms with Crippen LogP contribution in [-0.2, 0) is 0 Å². The average molecular weight is 252 g/mol. The van der Waals surface area contributed by atoms with E-state index in [-0.39, 0.29) is 0 Å². The molecule has 1 aliphatic carbocycles. The van der Waals surface area contributed by atoms with E-state index in [2.05, 4.69) is 38.1 Å². The van der Waals surface area contributed by atoms with Crippen molar-refractivity contribution in [3.05, 3.63) is 16.1 Å². The lowest BCUT2D eigenvalue weighted by Crippen LogP contribution is -2.31. The van der Waals surface area contributed by atoms with Crippen LogP contribution >= 0.6 is 11.3 Å². The summed E-state index contributed by atoms with van der Waals surface area (Å²) in [6.07, 6.45) is 4.11. The molecule has 0 radical (unpaired) electrons. The zero-order chi connectivity index (χ0) is 12.4. The first-order valence-corrected chi connectivity index (χ1v) is 7.57. The highest BCUT2D eigenvalue weighted by Crippen LogP contribution is 2.41. The van der Waals surface area contributed by atoms with E-state index in [4.69, 9.17) is 0 Å². The molecule has 0 aromatic carbocycles. The van der Waals surface area contributed by atoms with Gasteiger partial charge in [-0.05, 0) is 51.0 Å². The molecular weight excluding hydrogens is 228 g/mol. The Kier molecular flexibility index (Phi) is 4.21. The first kappa shape index (κ1) is 13.0. The molecule has 0 spiro atoms. The Balaban J connectivity index is 2.15. The number of aromatic nitrogens is 1. The van der Waals surface area contributed by atoms with Crippen molar-refractivity contribution in [2.75, 3.05) is 7.05 Å². The van der Waals surface area contributed by atoms with Gasteiger partial charge in [-0.1, -0.05) is 13.8 Å². The molecule has 96 valence electrons. The standard InChI is InChI=1S/C14H24N2S/c1-9-5-10(2)7-12(6-9)13(15-4)14-11(3)16-8-17-14/h8-10,12-13,15H,5-7H2,1-4H3. The van der Waals surface area contributed by atoms with Gasteiger partial charge in [0.05, 0.1) is 11.2 Å². The predicted molar refractivity (Wildman–Crippen MR) is 74.3 cm³/mol. The van der Waals surface area contributed by atoms with Crippen LogP contribution in [0.15, 0.2) is 5.51 Å². The van der Waals surface area contributed by atoms with E-state index in [1.807, 2.05) is 5.51 Å². The fourth-order valence-electron chi connectivity index (χ4n) is 3.47. The summed E-state index contributed by atoms with van der Waals surface area (Å²) in [5.41, 5.74) is 3.19. The lowest BCUT2D eigenvalue weighted by atomic mass is 9.73. The van der Waals surface area contributed by atoms with Crippen LogP contribution in [0.5, 0.6) is 0 Å². The Bertz CT molecular complexity index is 351. The predicted octanol–water partition coefficient (Wildman–Crippen LogP) is 3.78. The van der Waals surface area contributed by atoms with Crippen molar-refractivity contribution in [1.29, 1.82) is 0 Å². The first-order valence-electron chi connectivity index (χ1n) is 6.69. The van der Waals surface area contributed by atoms with Gasteiger partial charge in [0.2, 0.25) is 0 Å². The zero-order valence-corrected chi connectivity index (χ0v) is 12.2. The number of aryl methyl sites for hydroxylation is 1. The molecule has 1 heterocycles. The van der Waals surface area contributed by atoms with E-state index in [1.165, 1.54) is 29.8 Å². The van der Waals surface area contributed by atoms with E-state index >= 15 is 0 Å². The molecule has 1 saturated carbocycles. The molecule has 0 aliphatic heterocycles. The molecule has 1 aromatic rings. The highest BCUT2D eigenvalue weighted by atomic mass is 32.1. The summed E-state index contributed by atoms with van der Waals surface area (Å²) in [6, 6.07) is 0.507. The van der Waals surface area contributed by atoms with Crippen molar-refractivity contribution in [2.24, 2.45) is 17.8 Å². The summed E-state index contributed by atoms with van der Waals surface area (Å²) in [4.78, 5) is 5.84. The van der Waals surface area contributed by atoms with Crippen LogP contribution in [0.3, 0.4) is 0 Å². The average Bonchev–Trinajstić information content (AvgIpc) is 2.65. The largest absolute Gasteiger partial charge is 0.312 e. The first-order chi connectivity index (χ1) is 8.11. The molecule has 0 saturated heterocycles. The maximum atomic E-state index is 4.40. The zero-order valence-electron chi connectivity index (χ0n) is 11.4. The van der Waals surface area contributed by atoms with Crippen molar-refractivity contribution in [3.8, 4) is 0 Å². The number of nitrogens with one attached hydrogen (secondary N) is 1. The Morgan fingerprint density at radius 2 is 1.94 bits per heavy atom. The fourth-order valence-corrected chi connectivity index (χ4v) is 4.48. The van der Waals surface area contributed by atoms with Gasteiger partial charge in [0.15, 0.2) is 0 Å². The number of rotatable bonds is 3. The van der Waals surface area contributed by atoms with Gasteiger partial charge in [0.1, 0.15) is 0 Å². The molecule has 1 fully saturated rings. The Morgan fingerprint density at radius 1 is 1.29 bits per heavy atom. The van der Waals surface area contributed by atoms with Gasteiger partial charge in [-0.3, -0.25) is 0 Å². The molecule has 3 unspecified atom stereocenters. The molecule has 1 N–H and O–H groups in total. The summed E-state index contributed by atoms with van der Waals surface area (Å²) < 4.78 is 0. The topological polar surface area (TPSA) is 24.9 Å². The second-order valence-corrected chi connectivity index (χ2v) is 6.63. The summed E-state index contributed by atoms with van der Waals surface area (Å²) >= 11 is 1.80. The van der Waals surface area contributed by atoms with Crippen LogP contribution in [0.4, 0.5) is 0 Å². The Hall–Kier alpha value is -0.410. The quantitative estimate of drug-likeness (QED) is 0.885. The van der Waals surface area contributed by atoms with Crippen LogP contribution in [-0.4, -0.2) is 12.0 Å². The van der Waals surface area contributed by atoms with E-state index in [0.717, 1.165) is 17.8 Å². The van der Waals surface area contributed by atoms with Crippen molar-refractivity contribution in [1.82, 2.24) is 10.3 Å². The van der Waals surface area contributed by atoms with Crippen molar-refractivity contribution < 1.29 is 0 Å². The van der Waals surface area contributed by atoms with Crippen LogP contribution < -0.4 is 5.32 Å². The third-order valence-corrected chi connectivity index (χ3v) is 5.08. The molecule has 3 heteroatoms. The normalized spacial score (nSPS) is 31.4. The van der Waals surface area contributed by atoms with Gasteiger partial charge >= 0.3 is 0 Å². The van der Waals surface area contributed by atoms with Crippen molar-refractivity contribution >= 4 is 11.3 Å². The van der Waals surface area contributed by atoms with Crippen LogP contribution in [0.2, 0.25) is 0 Å². The fraction of sp³-hybridized carbons (Fsp3) is 0.786. The highest BCUT2D eigenvalue weighted by Gasteiger charge is 2.31. The molecule has 0 bridgehead atoms. The van der Waals surface area contributed by atoms with Crippen LogP contribution in [0.1, 0.15) is 49.7 Å². The van der Waals surface area contributed by atoms with Gasteiger partial charge in [0, 0.05) is 10.9 Å². The minimum atomic E-state index is 0.507. The molecule has 2 rings (SSSR count). The Labute approximate surface area is 109 Å². The second-order valence-electron chi connectivity index (χ2n) is 5.75. The van der Waals surface area contributed by atoms with E-state index in [0.29, 0.717) is 6.04 Å². The van der Waals surface area contributed by atoms with E-state index in [9.17, 15) is 0 Å². The summed E-state index contributed by atoms with van der Waals surface area (Å²) in [7, 11) is 2.09. The summed E-state index contributed by atoms with van der Waals surface area (Å²) in [5, 5.41) is 3.53. The molecule has 3 atom stereocenters. The van der Waals surface area contributed by atoms with Crippen LogP contribution in [0, 0.1) is 24.7 Å². The summed E-state index contributed by atoms with van der Waals surface area (Å²) in [6.45, 7) is 6.93. The smallest absolute Gasteiger partial charge is 0.0798 e. The minimum absolute atomic E-state index is 0.507. The highest BCUT2D eigenvalue weighted by molar-refractivity contribution is 7.09. The van der Waals surface area contributed by atoms with E-state index in [1.54, 1.807) is 11.3 Å². The SMILES string of the molecule is CNC(c1scnc1C)C1CC(C)CC(C)C1. The second kappa shape index (κ2) is 5.49. The lowest BCUT2D eigenvalue weighted by molar-refractivity contribution is 0.181. The monoisotopic (exact) mass is 252 g/mol. The number of hydrogen-bond acceptors (Lipinski definition) is 3. The molecule has 0 amide bonds. The number of thiazole rings is 1. The molecule has 17 heavy (non-hydrogen) atoms. The van der Waals surface area contributed by atoms with Gasteiger partial charge in [-0.15, -0.1) is 11.3 Å². The third kappa shape index (κ3) is 2.89. The van der Waals surface area contributed by atoms with Crippen molar-refractivity contribution in [2.45, 2.75) is 46.1 Å². The van der Waals surface area contributed by atoms with Crippen molar-refractivity contribution in [3.63, 3.8) is 0 Å². The minimum Gasteiger partial charge on any atom is -0.312 e. The lowest BCUT2D eigenvalue weighted by Gasteiger charge is -2.36. The van der Waals surface area contributed by atoms with Gasteiger partial charge < -0.3 is 5.32 Å². The van der Waals surface area contributed by atoms with Gasteiger partial charge in [0.25, 0.3) is 0 Å². The van der Waals surface area contributed by atoms with Crippen LogP contribution in [0.25, 0.3) is 0 Å². The van der Waals surface area contributed by atoms with E-state index < -0.39 is 0 Å². The molecule has 1 aliphatic rings. The maximum Gasteiger partial charge on any atom is 0.0798 e.